The third-order valence-electron chi connectivity index (χ3n) is 6.27. The van der Waals surface area contributed by atoms with Gasteiger partial charge in [0.15, 0.2) is 12.4 Å². The molecule has 2 fully saturated rings. The fraction of sp³-hybridized carbons (Fsp3) is 0.385. The molecule has 3 aromatic rings. The van der Waals surface area contributed by atoms with Gasteiger partial charge in [0.1, 0.15) is 5.75 Å². The van der Waals surface area contributed by atoms with E-state index in [9.17, 15) is 4.79 Å². The Hall–Kier alpha value is -3.12. The molecule has 0 radical (unpaired) electrons. The van der Waals surface area contributed by atoms with Crippen LogP contribution in [-0.2, 0) is 6.73 Å². The molecule has 2 aromatic carbocycles. The summed E-state index contributed by atoms with van der Waals surface area (Å²) in [7, 11) is 0. The third-order valence-corrected chi connectivity index (χ3v) is 6.27. The van der Waals surface area contributed by atoms with E-state index in [1.165, 1.54) is 24.9 Å². The van der Waals surface area contributed by atoms with E-state index in [2.05, 4.69) is 34.3 Å². The van der Waals surface area contributed by atoms with Gasteiger partial charge >= 0.3 is 0 Å². The van der Waals surface area contributed by atoms with Crippen LogP contribution in [0.5, 0.6) is 5.75 Å². The Bertz CT molecular complexity index is 1030. The summed E-state index contributed by atoms with van der Waals surface area (Å²) in [6.07, 6.45) is 5.58. The van der Waals surface area contributed by atoms with Gasteiger partial charge in [0.25, 0.3) is 5.91 Å². The van der Waals surface area contributed by atoms with Crippen molar-refractivity contribution in [1.29, 1.82) is 0 Å². The Balaban J connectivity index is 1.14. The van der Waals surface area contributed by atoms with E-state index in [0.717, 1.165) is 49.8 Å². The molecule has 1 amide bonds. The third kappa shape index (κ3) is 5.19. The molecule has 0 atom stereocenters. The number of hydrogen-bond acceptors (Lipinski definition) is 4. The molecule has 2 heterocycles. The van der Waals surface area contributed by atoms with Gasteiger partial charge in [-0.15, -0.1) is 0 Å². The van der Waals surface area contributed by atoms with Crippen LogP contribution < -0.4 is 4.74 Å². The summed E-state index contributed by atoms with van der Waals surface area (Å²) < 4.78 is 7.54. The SMILES string of the molecule is O=C(c1ccn(COc2ccc(-c3ccccc3)cc2)n1)N1CCCN(CC2CC2)CC1. The molecule has 1 aliphatic heterocycles. The van der Waals surface area contributed by atoms with Crippen LogP contribution in [0.25, 0.3) is 11.1 Å². The number of nitrogens with zero attached hydrogens (tertiary/aromatic N) is 4. The van der Waals surface area contributed by atoms with Gasteiger partial charge in [-0.1, -0.05) is 42.5 Å². The van der Waals surface area contributed by atoms with Crippen LogP contribution in [0.2, 0.25) is 0 Å². The lowest BCUT2D eigenvalue weighted by Crippen LogP contribution is -2.36. The van der Waals surface area contributed by atoms with E-state index in [1.807, 2.05) is 41.4 Å². The number of carbonyl (C=O) groups excluding carboxylic acids is 1. The molecule has 0 bridgehead atoms. The Labute approximate surface area is 189 Å². The number of carbonyl (C=O) groups is 1. The first-order chi connectivity index (χ1) is 15.7. The molecule has 0 unspecified atom stereocenters. The van der Waals surface area contributed by atoms with E-state index in [4.69, 9.17) is 4.74 Å². The zero-order valence-electron chi connectivity index (χ0n) is 18.4. The highest BCUT2D eigenvalue weighted by molar-refractivity contribution is 5.92. The highest BCUT2D eigenvalue weighted by atomic mass is 16.5. The fourth-order valence-corrected chi connectivity index (χ4v) is 4.25. The van der Waals surface area contributed by atoms with Gasteiger partial charge < -0.3 is 14.5 Å². The quantitative estimate of drug-likeness (QED) is 0.565. The Morgan fingerprint density at radius 3 is 2.47 bits per heavy atom. The fourth-order valence-electron chi connectivity index (χ4n) is 4.25. The van der Waals surface area contributed by atoms with Crippen LogP contribution in [0.15, 0.2) is 66.9 Å². The molecule has 32 heavy (non-hydrogen) atoms. The summed E-state index contributed by atoms with van der Waals surface area (Å²) in [6, 6.07) is 20.1. The van der Waals surface area contributed by atoms with Gasteiger partial charge in [-0.2, -0.15) is 5.10 Å². The van der Waals surface area contributed by atoms with E-state index in [0.29, 0.717) is 5.69 Å². The van der Waals surface area contributed by atoms with Crippen molar-refractivity contribution in [2.75, 3.05) is 32.7 Å². The summed E-state index contributed by atoms with van der Waals surface area (Å²) in [5.74, 6) is 1.68. The predicted octanol–water partition coefficient (Wildman–Crippen LogP) is 4.14. The van der Waals surface area contributed by atoms with Crippen molar-refractivity contribution in [3.05, 3.63) is 72.6 Å². The molecular formula is C26H30N4O2. The molecule has 5 rings (SSSR count). The number of ether oxygens (including phenoxy) is 1. The standard InChI is InChI=1S/C26H30N4O2/c31-26(29-15-4-14-28(17-18-29)19-21-7-8-21)25-13-16-30(27-25)20-32-24-11-9-23(10-12-24)22-5-2-1-3-6-22/h1-3,5-6,9-13,16,21H,4,7-8,14-15,17-20H2. The predicted molar refractivity (Wildman–Crippen MR) is 124 cm³/mol. The summed E-state index contributed by atoms with van der Waals surface area (Å²) in [4.78, 5) is 17.4. The average Bonchev–Trinajstić information content (AvgIpc) is 3.58. The topological polar surface area (TPSA) is 50.6 Å². The minimum Gasteiger partial charge on any atom is -0.471 e. The monoisotopic (exact) mass is 430 g/mol. The first-order valence-corrected chi connectivity index (χ1v) is 11.6. The summed E-state index contributed by atoms with van der Waals surface area (Å²) in [5, 5.41) is 4.46. The largest absolute Gasteiger partial charge is 0.471 e. The average molecular weight is 431 g/mol. The molecule has 6 heteroatoms. The van der Waals surface area contributed by atoms with E-state index < -0.39 is 0 Å². The van der Waals surface area contributed by atoms with Crippen LogP contribution in [0.3, 0.4) is 0 Å². The van der Waals surface area contributed by atoms with Crippen molar-refractivity contribution >= 4 is 5.91 Å². The number of aromatic nitrogens is 2. The maximum absolute atomic E-state index is 12.9. The summed E-state index contributed by atoms with van der Waals surface area (Å²) in [6.45, 7) is 5.10. The van der Waals surface area contributed by atoms with Gasteiger partial charge in [0.05, 0.1) is 0 Å². The molecule has 166 valence electrons. The minimum atomic E-state index is 0.0178. The van der Waals surface area contributed by atoms with Crippen LogP contribution >= 0.6 is 0 Å². The normalized spacial score (nSPS) is 17.2. The highest BCUT2D eigenvalue weighted by Gasteiger charge is 2.27. The summed E-state index contributed by atoms with van der Waals surface area (Å²) in [5.41, 5.74) is 2.82. The Kier molecular flexibility index (Phi) is 6.21. The van der Waals surface area contributed by atoms with Crippen molar-refractivity contribution in [1.82, 2.24) is 19.6 Å². The van der Waals surface area contributed by atoms with Crippen LogP contribution in [0.1, 0.15) is 29.8 Å². The number of rotatable bonds is 7. The smallest absolute Gasteiger partial charge is 0.274 e. The van der Waals surface area contributed by atoms with Crippen molar-refractivity contribution in [3.63, 3.8) is 0 Å². The van der Waals surface area contributed by atoms with Gasteiger partial charge in [-0.05, 0) is 61.1 Å². The lowest BCUT2D eigenvalue weighted by atomic mass is 10.1. The van der Waals surface area contributed by atoms with Crippen molar-refractivity contribution in [3.8, 4) is 16.9 Å². The first kappa shape index (κ1) is 20.8. The van der Waals surface area contributed by atoms with Gasteiger partial charge in [-0.25, -0.2) is 4.68 Å². The second-order valence-electron chi connectivity index (χ2n) is 8.79. The van der Waals surface area contributed by atoms with Crippen LogP contribution in [-0.4, -0.2) is 58.2 Å². The minimum absolute atomic E-state index is 0.0178. The summed E-state index contributed by atoms with van der Waals surface area (Å²) >= 11 is 0. The molecule has 1 aromatic heterocycles. The second-order valence-corrected chi connectivity index (χ2v) is 8.79. The molecule has 6 nitrogen and oxygen atoms in total. The zero-order valence-corrected chi connectivity index (χ0v) is 18.4. The molecule has 1 saturated carbocycles. The van der Waals surface area contributed by atoms with Crippen LogP contribution in [0, 0.1) is 5.92 Å². The van der Waals surface area contributed by atoms with E-state index in [-0.39, 0.29) is 12.6 Å². The molecular weight excluding hydrogens is 400 g/mol. The lowest BCUT2D eigenvalue weighted by Gasteiger charge is -2.21. The highest BCUT2D eigenvalue weighted by Crippen LogP contribution is 2.30. The van der Waals surface area contributed by atoms with E-state index in [1.54, 1.807) is 10.7 Å². The maximum Gasteiger partial charge on any atom is 0.274 e. The van der Waals surface area contributed by atoms with Gasteiger partial charge in [0.2, 0.25) is 0 Å². The van der Waals surface area contributed by atoms with Crippen molar-refractivity contribution in [2.24, 2.45) is 5.92 Å². The Morgan fingerprint density at radius 2 is 1.69 bits per heavy atom. The van der Waals surface area contributed by atoms with Crippen molar-refractivity contribution in [2.45, 2.75) is 26.0 Å². The Morgan fingerprint density at radius 1 is 0.906 bits per heavy atom. The maximum atomic E-state index is 12.9. The number of benzene rings is 2. The van der Waals surface area contributed by atoms with Crippen LogP contribution in [0.4, 0.5) is 0 Å². The number of hydrogen-bond donors (Lipinski definition) is 0. The molecule has 2 aliphatic rings. The van der Waals surface area contributed by atoms with Gasteiger partial charge in [0, 0.05) is 32.4 Å². The molecule has 0 spiro atoms. The van der Waals surface area contributed by atoms with Gasteiger partial charge in [-0.3, -0.25) is 4.79 Å². The second kappa shape index (κ2) is 9.57. The zero-order chi connectivity index (χ0) is 21.8. The van der Waals surface area contributed by atoms with Crippen molar-refractivity contribution < 1.29 is 9.53 Å². The molecule has 1 saturated heterocycles. The lowest BCUT2D eigenvalue weighted by molar-refractivity contribution is 0.0753. The van der Waals surface area contributed by atoms with E-state index >= 15 is 0 Å². The number of amides is 1. The molecule has 1 aliphatic carbocycles. The first-order valence-electron chi connectivity index (χ1n) is 11.6. The molecule has 0 N–H and O–H groups in total.